The SMILES string of the molecule is CC(=O)N1CCN(C(=O)c2cccc(-c3csc(CC(=O)C4(C)CC5c6ccccc6C4c4ccccc45)n3)c2)CC1. The number of amides is 2. The summed E-state index contributed by atoms with van der Waals surface area (Å²) in [5.74, 6) is 0.514. The molecule has 7 heteroatoms. The van der Waals surface area contributed by atoms with Crippen LogP contribution in [0.5, 0.6) is 0 Å². The van der Waals surface area contributed by atoms with E-state index < -0.39 is 5.41 Å². The second-order valence-corrected chi connectivity index (χ2v) is 12.9. The number of carbonyl (C=O) groups excluding carboxylic acids is 3. The van der Waals surface area contributed by atoms with Crippen molar-refractivity contribution in [3.8, 4) is 11.3 Å². The lowest BCUT2D eigenvalue weighted by atomic mass is 9.51. The van der Waals surface area contributed by atoms with Gasteiger partial charge in [-0.1, -0.05) is 67.6 Å². The Balaban J connectivity index is 1.10. The molecule has 1 atom stereocenters. The molecular weight excluding hydrogens is 542 g/mol. The molecule has 212 valence electrons. The maximum absolute atomic E-state index is 14.1. The number of thiazole rings is 1. The van der Waals surface area contributed by atoms with Gasteiger partial charge in [0.05, 0.1) is 12.1 Å². The van der Waals surface area contributed by atoms with Gasteiger partial charge in [0.15, 0.2) is 0 Å². The Bertz CT molecular complexity index is 1670. The van der Waals surface area contributed by atoms with E-state index in [4.69, 9.17) is 4.98 Å². The summed E-state index contributed by atoms with van der Waals surface area (Å²) in [6.45, 7) is 5.89. The van der Waals surface area contributed by atoms with Crippen molar-refractivity contribution in [1.29, 1.82) is 0 Å². The highest BCUT2D eigenvalue weighted by Crippen LogP contribution is 2.61. The number of benzene rings is 3. The maximum Gasteiger partial charge on any atom is 0.253 e. The summed E-state index contributed by atoms with van der Waals surface area (Å²) in [7, 11) is 0. The normalized spacial score (nSPS) is 22.4. The molecule has 3 aromatic carbocycles. The minimum absolute atomic E-state index is 0.0356. The number of nitrogens with zero attached hydrogens (tertiary/aromatic N) is 3. The largest absolute Gasteiger partial charge is 0.339 e. The molecular formula is C35H33N3O3S. The first-order valence-corrected chi connectivity index (χ1v) is 15.5. The summed E-state index contributed by atoms with van der Waals surface area (Å²) < 4.78 is 0. The van der Waals surface area contributed by atoms with Crippen molar-refractivity contribution in [3.05, 3.63) is 111 Å². The van der Waals surface area contributed by atoms with Gasteiger partial charge in [-0.05, 0) is 40.8 Å². The smallest absolute Gasteiger partial charge is 0.253 e. The zero-order valence-electron chi connectivity index (χ0n) is 23.9. The Morgan fingerprint density at radius 2 is 1.48 bits per heavy atom. The predicted octanol–water partition coefficient (Wildman–Crippen LogP) is 5.91. The van der Waals surface area contributed by atoms with Crippen LogP contribution in [0.1, 0.15) is 69.7 Å². The van der Waals surface area contributed by atoms with E-state index in [0.717, 1.165) is 22.7 Å². The molecule has 8 rings (SSSR count). The summed E-state index contributed by atoms with van der Waals surface area (Å²) in [5, 5.41) is 2.79. The molecule has 1 aliphatic heterocycles. The Morgan fingerprint density at radius 1 is 0.857 bits per heavy atom. The third kappa shape index (κ3) is 4.38. The van der Waals surface area contributed by atoms with Crippen LogP contribution in [0.15, 0.2) is 78.2 Å². The predicted molar refractivity (Wildman–Crippen MR) is 164 cm³/mol. The van der Waals surface area contributed by atoms with E-state index in [1.54, 1.807) is 16.7 Å². The van der Waals surface area contributed by atoms with Gasteiger partial charge in [-0.15, -0.1) is 11.3 Å². The minimum Gasteiger partial charge on any atom is -0.339 e. The number of fused-ring (bicyclic) bond motifs is 1. The quantitative estimate of drug-likeness (QED) is 0.297. The van der Waals surface area contributed by atoms with Gasteiger partial charge in [0, 0.05) is 66.9 Å². The third-order valence-corrected chi connectivity index (χ3v) is 10.4. The highest BCUT2D eigenvalue weighted by Gasteiger charge is 2.53. The van der Waals surface area contributed by atoms with Crippen molar-refractivity contribution < 1.29 is 14.4 Å². The number of hydrogen-bond donors (Lipinski definition) is 0. The number of Topliss-reactive ketones (excluding diaryl/α,β-unsaturated/α-hetero) is 1. The van der Waals surface area contributed by atoms with E-state index in [-0.39, 0.29) is 29.4 Å². The van der Waals surface area contributed by atoms with E-state index in [9.17, 15) is 14.4 Å². The van der Waals surface area contributed by atoms with Crippen molar-refractivity contribution in [1.82, 2.24) is 14.8 Å². The summed E-state index contributed by atoms with van der Waals surface area (Å²) in [6.07, 6.45) is 1.11. The first-order valence-electron chi connectivity index (χ1n) is 14.6. The lowest BCUT2D eigenvalue weighted by Gasteiger charge is -2.51. The highest BCUT2D eigenvalue weighted by atomic mass is 32.1. The second kappa shape index (κ2) is 10.3. The summed E-state index contributed by atoms with van der Waals surface area (Å²) in [4.78, 5) is 47.4. The van der Waals surface area contributed by atoms with Crippen LogP contribution in [0.2, 0.25) is 0 Å². The van der Waals surface area contributed by atoms with Gasteiger partial charge in [-0.25, -0.2) is 4.98 Å². The Labute approximate surface area is 250 Å². The lowest BCUT2D eigenvalue weighted by molar-refractivity contribution is -0.130. The van der Waals surface area contributed by atoms with Crippen LogP contribution in [-0.2, 0) is 16.0 Å². The molecule has 2 heterocycles. The van der Waals surface area contributed by atoms with Crippen molar-refractivity contribution in [3.63, 3.8) is 0 Å². The average molecular weight is 576 g/mol. The van der Waals surface area contributed by atoms with Gasteiger partial charge in [-0.2, -0.15) is 0 Å². The molecule has 1 fully saturated rings. The Morgan fingerprint density at radius 3 is 2.12 bits per heavy atom. The first kappa shape index (κ1) is 26.8. The fraction of sp³-hybridized carbons (Fsp3) is 0.314. The molecule has 0 spiro atoms. The van der Waals surface area contributed by atoms with Crippen LogP contribution in [0.3, 0.4) is 0 Å². The summed E-state index contributed by atoms with van der Waals surface area (Å²) in [6, 6.07) is 24.8. The fourth-order valence-corrected chi connectivity index (χ4v) is 8.12. The van der Waals surface area contributed by atoms with Crippen molar-refractivity contribution in [2.75, 3.05) is 26.2 Å². The van der Waals surface area contributed by atoms with Gasteiger partial charge in [0.1, 0.15) is 10.8 Å². The molecule has 0 N–H and O–H groups in total. The van der Waals surface area contributed by atoms with Crippen LogP contribution in [0, 0.1) is 5.41 Å². The number of aromatic nitrogens is 1. The monoisotopic (exact) mass is 575 g/mol. The van der Waals surface area contributed by atoms with Gasteiger partial charge >= 0.3 is 0 Å². The van der Waals surface area contributed by atoms with Crippen molar-refractivity contribution in [2.24, 2.45) is 5.41 Å². The third-order valence-electron chi connectivity index (χ3n) is 9.55. The molecule has 2 amide bonds. The zero-order chi connectivity index (χ0) is 29.0. The molecule has 4 aliphatic rings. The van der Waals surface area contributed by atoms with E-state index in [2.05, 4.69) is 55.5 Å². The van der Waals surface area contributed by atoms with Crippen LogP contribution < -0.4 is 0 Å². The van der Waals surface area contributed by atoms with E-state index in [1.165, 1.54) is 33.6 Å². The van der Waals surface area contributed by atoms with Crippen LogP contribution in [0.4, 0.5) is 0 Å². The van der Waals surface area contributed by atoms with Gasteiger partial charge in [0.2, 0.25) is 5.91 Å². The van der Waals surface area contributed by atoms with Crippen molar-refractivity contribution in [2.45, 2.75) is 38.5 Å². The molecule has 2 bridgehead atoms. The fourth-order valence-electron chi connectivity index (χ4n) is 7.32. The zero-order valence-corrected chi connectivity index (χ0v) is 24.7. The van der Waals surface area contributed by atoms with Gasteiger partial charge in [-0.3, -0.25) is 14.4 Å². The van der Waals surface area contributed by atoms with Crippen molar-refractivity contribution >= 4 is 28.9 Å². The topological polar surface area (TPSA) is 70.6 Å². The molecule has 1 unspecified atom stereocenters. The van der Waals surface area contributed by atoms with Gasteiger partial charge in [0.25, 0.3) is 5.91 Å². The summed E-state index contributed by atoms with van der Waals surface area (Å²) >= 11 is 1.51. The first-order chi connectivity index (χ1) is 20.3. The number of ketones is 1. The molecule has 0 radical (unpaired) electrons. The van der Waals surface area contributed by atoms with E-state index in [0.29, 0.717) is 38.2 Å². The van der Waals surface area contributed by atoms with Crippen LogP contribution >= 0.6 is 11.3 Å². The summed E-state index contributed by atoms with van der Waals surface area (Å²) in [5.41, 5.74) is 7.04. The Kier molecular flexibility index (Phi) is 6.58. The molecule has 6 nitrogen and oxygen atoms in total. The number of piperazine rings is 1. The average Bonchev–Trinajstić information content (AvgIpc) is 3.49. The minimum atomic E-state index is -0.502. The standard InChI is InChI=1S/C35H33N3O3S/c1-22(39)37-14-16-38(17-15-37)34(41)24-9-7-8-23(18-24)30-21-42-32(36-30)19-31(40)35(2)20-29-25-10-3-5-12-27(25)33(35)28-13-6-4-11-26(28)29/h3-13,18,21,29,33H,14-17,19-20H2,1-2H3. The molecule has 1 saturated heterocycles. The van der Waals surface area contributed by atoms with E-state index >= 15 is 0 Å². The van der Waals surface area contributed by atoms with Crippen LogP contribution in [0.25, 0.3) is 11.3 Å². The molecule has 42 heavy (non-hydrogen) atoms. The molecule has 1 aromatic heterocycles. The molecule has 3 aliphatic carbocycles. The maximum atomic E-state index is 14.1. The highest BCUT2D eigenvalue weighted by molar-refractivity contribution is 7.10. The lowest BCUT2D eigenvalue weighted by Crippen LogP contribution is -2.50. The van der Waals surface area contributed by atoms with Gasteiger partial charge < -0.3 is 9.80 Å². The number of hydrogen-bond acceptors (Lipinski definition) is 5. The van der Waals surface area contributed by atoms with Crippen LogP contribution in [-0.4, -0.2) is 58.6 Å². The Hall–Kier alpha value is -4.10. The van der Waals surface area contributed by atoms with E-state index in [1.807, 2.05) is 29.6 Å². The number of carbonyl (C=O) groups is 3. The number of rotatable bonds is 5. The second-order valence-electron chi connectivity index (χ2n) is 12.0. The molecule has 0 saturated carbocycles. The molecule has 4 aromatic rings.